The highest BCUT2D eigenvalue weighted by Gasteiger charge is 2.17. The van der Waals surface area contributed by atoms with Gasteiger partial charge in [-0.1, -0.05) is 11.6 Å². The summed E-state index contributed by atoms with van der Waals surface area (Å²) in [7, 11) is 0. The zero-order valence-corrected chi connectivity index (χ0v) is 16.5. The van der Waals surface area contributed by atoms with Crippen LogP contribution in [-0.2, 0) is 11.3 Å². The first-order chi connectivity index (χ1) is 11.1. The second-order valence-electron chi connectivity index (χ2n) is 6.01. The van der Waals surface area contributed by atoms with E-state index >= 15 is 0 Å². The average molecular weight is 436 g/mol. The predicted octanol–water partition coefficient (Wildman–Crippen LogP) is 6.26. The summed E-state index contributed by atoms with van der Waals surface area (Å²) in [5.74, 6) is -0.534. The molecule has 0 aliphatic rings. The molecule has 4 nitrogen and oxygen atoms in total. The molecule has 0 saturated carbocycles. The lowest BCUT2D eigenvalue weighted by molar-refractivity contribution is 0.0635. The van der Waals surface area contributed by atoms with Crippen molar-refractivity contribution < 1.29 is 13.9 Å². The van der Waals surface area contributed by atoms with Gasteiger partial charge in [-0.2, -0.15) is 0 Å². The first kappa shape index (κ1) is 19.0. The van der Waals surface area contributed by atoms with Gasteiger partial charge in [0.2, 0.25) is 0 Å². The van der Waals surface area contributed by atoms with Crippen LogP contribution in [0.5, 0.6) is 0 Å². The summed E-state index contributed by atoms with van der Waals surface area (Å²) in [6.07, 6.45) is -0.701. The molecular weight excluding hydrogens is 419 g/mol. The number of thiophene rings is 1. The van der Waals surface area contributed by atoms with Gasteiger partial charge in [0.15, 0.2) is 0 Å². The summed E-state index contributed by atoms with van der Waals surface area (Å²) in [5.41, 5.74) is 0.0742. The predicted molar refractivity (Wildman–Crippen MR) is 101 cm³/mol. The number of nitrogens with one attached hydrogen (secondary N) is 2. The number of ether oxygens (including phenoxy) is 1. The minimum Gasteiger partial charge on any atom is -0.444 e. The van der Waals surface area contributed by atoms with Crippen LogP contribution in [0.1, 0.15) is 25.6 Å². The second kappa shape index (κ2) is 7.72. The molecule has 0 fully saturated rings. The Balaban J connectivity index is 2.03. The maximum Gasteiger partial charge on any atom is 0.412 e. The molecule has 1 aromatic heterocycles. The largest absolute Gasteiger partial charge is 0.444 e. The summed E-state index contributed by atoms with van der Waals surface area (Å²) in [6, 6.07) is 6.32. The van der Waals surface area contributed by atoms with Crippen molar-refractivity contribution in [1.29, 1.82) is 0 Å². The van der Waals surface area contributed by atoms with Gasteiger partial charge in [-0.3, -0.25) is 5.32 Å². The van der Waals surface area contributed by atoms with E-state index in [1.807, 2.05) is 6.07 Å². The van der Waals surface area contributed by atoms with Gasteiger partial charge in [-0.15, -0.1) is 11.3 Å². The summed E-state index contributed by atoms with van der Waals surface area (Å²) in [5, 5.41) is 5.58. The van der Waals surface area contributed by atoms with E-state index in [-0.39, 0.29) is 5.69 Å². The highest BCUT2D eigenvalue weighted by molar-refractivity contribution is 9.10. The first-order valence-corrected chi connectivity index (χ1v) is 9.10. The Morgan fingerprint density at radius 3 is 2.67 bits per heavy atom. The molecule has 1 heterocycles. The molecule has 0 saturated heterocycles. The molecule has 2 rings (SSSR count). The van der Waals surface area contributed by atoms with Crippen molar-refractivity contribution in [3.63, 3.8) is 0 Å². The maximum atomic E-state index is 13.9. The van der Waals surface area contributed by atoms with Crippen molar-refractivity contribution in [3.8, 4) is 0 Å². The third-order valence-electron chi connectivity index (χ3n) is 2.76. The Bertz CT molecular complexity index is 727. The van der Waals surface area contributed by atoms with E-state index < -0.39 is 17.5 Å². The monoisotopic (exact) mass is 434 g/mol. The lowest BCUT2D eigenvalue weighted by Gasteiger charge is -2.20. The number of hydrogen-bond acceptors (Lipinski definition) is 4. The smallest absolute Gasteiger partial charge is 0.412 e. The number of hydrogen-bond donors (Lipinski definition) is 2. The van der Waals surface area contributed by atoms with E-state index in [1.165, 1.54) is 23.5 Å². The minimum absolute atomic E-state index is 0.0552. The lowest BCUT2D eigenvalue weighted by atomic mass is 10.2. The van der Waals surface area contributed by atoms with Gasteiger partial charge in [0.05, 0.1) is 5.69 Å². The van der Waals surface area contributed by atoms with Crippen LogP contribution in [0.4, 0.5) is 20.6 Å². The molecule has 1 aromatic carbocycles. The van der Waals surface area contributed by atoms with Gasteiger partial charge in [0.25, 0.3) is 0 Å². The number of rotatable bonds is 4. The normalized spacial score (nSPS) is 11.2. The fourth-order valence-electron chi connectivity index (χ4n) is 1.81. The van der Waals surface area contributed by atoms with Crippen LogP contribution in [0.25, 0.3) is 0 Å². The molecule has 130 valence electrons. The molecule has 2 N–H and O–H groups in total. The van der Waals surface area contributed by atoms with Gasteiger partial charge in [0, 0.05) is 21.6 Å². The van der Waals surface area contributed by atoms with E-state index in [1.54, 1.807) is 26.8 Å². The zero-order valence-electron chi connectivity index (χ0n) is 13.4. The third kappa shape index (κ3) is 5.65. The van der Waals surface area contributed by atoms with Crippen molar-refractivity contribution in [2.45, 2.75) is 32.9 Å². The summed E-state index contributed by atoms with van der Waals surface area (Å²) in [6.45, 7) is 5.76. The van der Waals surface area contributed by atoms with Crippen molar-refractivity contribution in [2.24, 2.45) is 0 Å². The van der Waals surface area contributed by atoms with Crippen LogP contribution in [0.3, 0.4) is 0 Å². The number of benzene rings is 1. The molecule has 0 atom stereocenters. The van der Waals surface area contributed by atoms with Crippen LogP contribution in [0.2, 0.25) is 4.34 Å². The van der Waals surface area contributed by atoms with E-state index in [4.69, 9.17) is 16.3 Å². The quantitative estimate of drug-likeness (QED) is 0.595. The number of carbonyl (C=O) groups excluding carboxylic acids is 1. The molecule has 0 spiro atoms. The fourth-order valence-corrected chi connectivity index (χ4v) is 3.54. The standard InChI is InChI=1S/C16H17BrClFN2O2S/c1-16(2,3)23-15(22)21-13-6-9(4-5-12(13)19)20-8-10-7-11(17)14(18)24-10/h4-7,20H,8H2,1-3H3,(H,21,22). The van der Waals surface area contributed by atoms with Crippen LogP contribution >= 0.6 is 38.9 Å². The number of halogens is 3. The SMILES string of the molecule is CC(C)(C)OC(=O)Nc1cc(NCc2cc(Br)c(Cl)s2)ccc1F. The first-order valence-electron chi connectivity index (χ1n) is 7.11. The Morgan fingerprint density at radius 2 is 2.08 bits per heavy atom. The molecule has 0 unspecified atom stereocenters. The summed E-state index contributed by atoms with van der Waals surface area (Å²) < 4.78 is 20.5. The Kier molecular flexibility index (Phi) is 6.11. The van der Waals surface area contributed by atoms with Crippen molar-refractivity contribution in [2.75, 3.05) is 10.6 Å². The van der Waals surface area contributed by atoms with Gasteiger partial charge < -0.3 is 10.1 Å². The molecule has 1 amide bonds. The summed E-state index contributed by atoms with van der Waals surface area (Å²) >= 11 is 10.8. The molecule has 0 bridgehead atoms. The van der Waals surface area contributed by atoms with Crippen LogP contribution in [0.15, 0.2) is 28.7 Å². The highest BCUT2D eigenvalue weighted by Crippen LogP contribution is 2.32. The van der Waals surface area contributed by atoms with Crippen LogP contribution < -0.4 is 10.6 Å². The Labute approximate surface area is 157 Å². The molecule has 8 heteroatoms. The van der Waals surface area contributed by atoms with Crippen molar-refractivity contribution >= 4 is 56.3 Å². The fraction of sp³-hybridized carbons (Fsp3) is 0.312. The third-order valence-corrected chi connectivity index (χ3v) is 5.24. The number of carbonyl (C=O) groups is 1. The molecule has 0 aliphatic carbocycles. The van der Waals surface area contributed by atoms with Gasteiger partial charge in [-0.25, -0.2) is 9.18 Å². The van der Waals surface area contributed by atoms with E-state index in [2.05, 4.69) is 26.6 Å². The van der Waals surface area contributed by atoms with E-state index in [0.29, 0.717) is 16.6 Å². The Morgan fingerprint density at radius 1 is 1.38 bits per heavy atom. The lowest BCUT2D eigenvalue weighted by Crippen LogP contribution is -2.27. The van der Waals surface area contributed by atoms with E-state index in [0.717, 1.165) is 9.35 Å². The molecule has 0 aliphatic heterocycles. The molecule has 0 radical (unpaired) electrons. The topological polar surface area (TPSA) is 50.4 Å². The maximum absolute atomic E-state index is 13.9. The van der Waals surface area contributed by atoms with Gasteiger partial charge in [-0.05, 0) is 61.0 Å². The number of amides is 1. The molecular formula is C16H17BrClFN2O2S. The zero-order chi connectivity index (χ0) is 17.9. The summed E-state index contributed by atoms with van der Waals surface area (Å²) in [4.78, 5) is 12.8. The van der Waals surface area contributed by atoms with E-state index in [9.17, 15) is 9.18 Å². The van der Waals surface area contributed by atoms with Gasteiger partial charge >= 0.3 is 6.09 Å². The second-order valence-corrected chi connectivity index (χ2v) is 8.60. The number of anilines is 2. The molecule has 24 heavy (non-hydrogen) atoms. The highest BCUT2D eigenvalue weighted by atomic mass is 79.9. The van der Waals surface area contributed by atoms with Crippen molar-refractivity contribution in [1.82, 2.24) is 0 Å². The molecule has 2 aromatic rings. The van der Waals surface area contributed by atoms with Crippen molar-refractivity contribution in [3.05, 3.63) is 43.8 Å². The van der Waals surface area contributed by atoms with Crippen LogP contribution in [-0.4, -0.2) is 11.7 Å². The van der Waals surface area contributed by atoms with Crippen LogP contribution in [0, 0.1) is 5.82 Å². The Hall–Kier alpha value is -1.31. The van der Waals surface area contributed by atoms with Gasteiger partial charge in [0.1, 0.15) is 15.8 Å². The average Bonchev–Trinajstić information content (AvgIpc) is 2.76. The minimum atomic E-state index is -0.701.